The van der Waals surface area contributed by atoms with E-state index in [1.165, 1.54) is 10.5 Å². The Morgan fingerprint density at radius 2 is 2.00 bits per heavy atom. The van der Waals surface area contributed by atoms with Gasteiger partial charge in [-0.1, -0.05) is 23.8 Å². The highest BCUT2D eigenvalue weighted by Gasteiger charge is 2.36. The van der Waals surface area contributed by atoms with Crippen molar-refractivity contribution in [1.82, 2.24) is 19.7 Å². The Labute approximate surface area is 146 Å². The van der Waals surface area contributed by atoms with Crippen LogP contribution in [-0.4, -0.2) is 42.7 Å². The molecule has 0 fully saturated rings. The Bertz CT molecular complexity index is 828. The summed E-state index contributed by atoms with van der Waals surface area (Å²) in [5.74, 6) is 0.136. The van der Waals surface area contributed by atoms with Gasteiger partial charge >= 0.3 is 5.97 Å². The maximum atomic E-state index is 12.7. The molecule has 1 amide bonds. The number of hydrogen-bond donors (Lipinski definition) is 1. The Hall–Kier alpha value is -2.70. The SMILES string of the molecule is Cc1ccc(CCC(=O)N2Cc3nnc(C)n3CC2C(=O)O)c(C)c1. The van der Waals surface area contributed by atoms with Crippen LogP contribution in [0.5, 0.6) is 0 Å². The normalized spacial score (nSPS) is 16.6. The first kappa shape index (κ1) is 17.1. The van der Waals surface area contributed by atoms with Crippen LogP contribution in [0.2, 0.25) is 0 Å². The number of carbonyl (C=O) groups is 2. The van der Waals surface area contributed by atoms with Crippen LogP contribution in [0.4, 0.5) is 0 Å². The summed E-state index contributed by atoms with van der Waals surface area (Å²) in [6, 6.07) is 5.27. The molecule has 132 valence electrons. The Morgan fingerprint density at radius 3 is 2.68 bits per heavy atom. The second-order valence-corrected chi connectivity index (χ2v) is 6.58. The fourth-order valence-corrected chi connectivity index (χ4v) is 3.30. The van der Waals surface area contributed by atoms with Crippen LogP contribution in [-0.2, 0) is 29.1 Å². The van der Waals surface area contributed by atoms with Crippen molar-refractivity contribution in [2.24, 2.45) is 0 Å². The number of carbonyl (C=O) groups excluding carboxylic acids is 1. The standard InChI is InChI=1S/C18H22N4O3/c1-11-4-5-14(12(2)8-11)6-7-17(23)22-10-16-20-19-13(3)21(16)9-15(22)18(24)25/h4-5,8,15H,6-7,9-10H2,1-3H3,(H,24,25). The van der Waals surface area contributed by atoms with Crippen LogP contribution >= 0.6 is 0 Å². The zero-order valence-electron chi connectivity index (χ0n) is 14.7. The smallest absolute Gasteiger partial charge is 0.328 e. The van der Waals surface area contributed by atoms with Crippen molar-refractivity contribution in [2.45, 2.75) is 52.7 Å². The number of hydrogen-bond acceptors (Lipinski definition) is 4. The molecule has 0 saturated carbocycles. The van der Waals surface area contributed by atoms with Crippen molar-refractivity contribution in [2.75, 3.05) is 0 Å². The van der Waals surface area contributed by atoms with Crippen molar-refractivity contribution >= 4 is 11.9 Å². The van der Waals surface area contributed by atoms with E-state index in [0.29, 0.717) is 18.1 Å². The minimum absolute atomic E-state index is 0.167. The van der Waals surface area contributed by atoms with Crippen LogP contribution < -0.4 is 0 Å². The van der Waals surface area contributed by atoms with Crippen molar-refractivity contribution in [3.63, 3.8) is 0 Å². The fourth-order valence-electron chi connectivity index (χ4n) is 3.30. The minimum Gasteiger partial charge on any atom is -0.480 e. The molecule has 7 nitrogen and oxygen atoms in total. The predicted octanol–water partition coefficient (Wildman–Crippen LogP) is 1.63. The van der Waals surface area contributed by atoms with Crippen molar-refractivity contribution in [3.05, 3.63) is 46.5 Å². The zero-order chi connectivity index (χ0) is 18.1. The number of nitrogens with zero attached hydrogens (tertiary/aromatic N) is 4. The van der Waals surface area contributed by atoms with E-state index in [2.05, 4.69) is 16.3 Å². The monoisotopic (exact) mass is 342 g/mol. The first-order valence-corrected chi connectivity index (χ1v) is 8.34. The van der Waals surface area contributed by atoms with E-state index in [4.69, 9.17) is 0 Å². The number of aryl methyl sites for hydroxylation is 4. The van der Waals surface area contributed by atoms with Crippen LogP contribution in [0.15, 0.2) is 18.2 Å². The molecule has 1 aromatic heterocycles. The molecule has 1 unspecified atom stereocenters. The molecule has 1 atom stereocenters. The van der Waals surface area contributed by atoms with Crippen LogP contribution in [0.1, 0.15) is 34.8 Å². The van der Waals surface area contributed by atoms with E-state index in [0.717, 1.165) is 11.1 Å². The third-order valence-corrected chi connectivity index (χ3v) is 4.77. The lowest BCUT2D eigenvalue weighted by Crippen LogP contribution is -2.50. The first-order valence-electron chi connectivity index (χ1n) is 8.34. The number of aliphatic carboxylic acids is 1. The topological polar surface area (TPSA) is 88.3 Å². The largest absolute Gasteiger partial charge is 0.480 e. The number of fused-ring (bicyclic) bond motifs is 1. The van der Waals surface area contributed by atoms with E-state index in [9.17, 15) is 14.7 Å². The van der Waals surface area contributed by atoms with E-state index < -0.39 is 12.0 Å². The van der Waals surface area contributed by atoms with Gasteiger partial charge in [0.2, 0.25) is 5.91 Å². The lowest BCUT2D eigenvalue weighted by atomic mass is 10.0. The Morgan fingerprint density at radius 1 is 1.24 bits per heavy atom. The molecule has 0 spiro atoms. The summed E-state index contributed by atoms with van der Waals surface area (Å²) in [7, 11) is 0. The summed E-state index contributed by atoms with van der Waals surface area (Å²) < 4.78 is 1.77. The van der Waals surface area contributed by atoms with Crippen molar-refractivity contribution < 1.29 is 14.7 Å². The molecule has 1 aliphatic rings. The molecule has 1 N–H and O–H groups in total. The van der Waals surface area contributed by atoms with Gasteiger partial charge in [0.05, 0.1) is 13.1 Å². The highest BCUT2D eigenvalue weighted by Crippen LogP contribution is 2.20. The number of carboxylic acids is 1. The van der Waals surface area contributed by atoms with Gasteiger partial charge in [0.15, 0.2) is 5.82 Å². The van der Waals surface area contributed by atoms with Crippen LogP contribution in [0.3, 0.4) is 0 Å². The molecule has 0 aliphatic carbocycles. The maximum Gasteiger partial charge on any atom is 0.328 e. The van der Waals surface area contributed by atoms with Gasteiger partial charge in [-0.25, -0.2) is 4.79 Å². The van der Waals surface area contributed by atoms with Crippen molar-refractivity contribution in [3.8, 4) is 0 Å². The van der Waals surface area contributed by atoms with E-state index in [-0.39, 0.29) is 25.4 Å². The molecule has 0 radical (unpaired) electrons. The van der Waals surface area contributed by atoms with Crippen LogP contribution in [0.25, 0.3) is 0 Å². The quantitative estimate of drug-likeness (QED) is 0.912. The fraction of sp³-hybridized carbons (Fsp3) is 0.444. The van der Waals surface area contributed by atoms with Gasteiger partial charge in [-0.15, -0.1) is 10.2 Å². The molecule has 3 rings (SSSR count). The predicted molar refractivity (Wildman–Crippen MR) is 91.0 cm³/mol. The number of benzene rings is 1. The lowest BCUT2D eigenvalue weighted by Gasteiger charge is -2.33. The second kappa shape index (κ2) is 6.66. The lowest BCUT2D eigenvalue weighted by molar-refractivity contribution is -0.152. The summed E-state index contributed by atoms with van der Waals surface area (Å²) in [5, 5.41) is 17.6. The van der Waals surface area contributed by atoms with E-state index in [1.807, 2.05) is 26.0 Å². The molecule has 0 bridgehead atoms. The maximum absolute atomic E-state index is 12.7. The summed E-state index contributed by atoms with van der Waals surface area (Å²) >= 11 is 0. The van der Waals surface area contributed by atoms with E-state index >= 15 is 0 Å². The summed E-state index contributed by atoms with van der Waals surface area (Å²) in [5.41, 5.74) is 3.45. The molecular formula is C18H22N4O3. The molecule has 1 aliphatic heterocycles. The number of carboxylic acid groups (broad SMARTS) is 1. The highest BCUT2D eigenvalue weighted by molar-refractivity contribution is 5.84. The molecule has 7 heteroatoms. The molecule has 2 aromatic rings. The summed E-state index contributed by atoms with van der Waals surface area (Å²) in [6.07, 6.45) is 0.875. The van der Waals surface area contributed by atoms with Gasteiger partial charge in [-0.3, -0.25) is 4.79 Å². The highest BCUT2D eigenvalue weighted by atomic mass is 16.4. The minimum atomic E-state index is -1.00. The average molecular weight is 342 g/mol. The first-order chi connectivity index (χ1) is 11.9. The van der Waals surface area contributed by atoms with Gasteiger partial charge in [-0.2, -0.15) is 0 Å². The number of amides is 1. The van der Waals surface area contributed by atoms with Gasteiger partial charge in [0.25, 0.3) is 0 Å². The average Bonchev–Trinajstić information content (AvgIpc) is 2.93. The van der Waals surface area contributed by atoms with Crippen LogP contribution in [0, 0.1) is 20.8 Å². The Balaban J connectivity index is 1.74. The molecular weight excluding hydrogens is 320 g/mol. The van der Waals surface area contributed by atoms with Gasteiger partial charge in [-0.05, 0) is 38.3 Å². The number of aromatic nitrogens is 3. The number of rotatable bonds is 4. The Kier molecular flexibility index (Phi) is 4.57. The van der Waals surface area contributed by atoms with Gasteiger partial charge in [0.1, 0.15) is 11.9 Å². The third-order valence-electron chi connectivity index (χ3n) is 4.77. The van der Waals surface area contributed by atoms with Gasteiger partial charge < -0.3 is 14.6 Å². The van der Waals surface area contributed by atoms with Gasteiger partial charge in [0, 0.05) is 6.42 Å². The second-order valence-electron chi connectivity index (χ2n) is 6.58. The third kappa shape index (κ3) is 3.40. The zero-order valence-corrected chi connectivity index (χ0v) is 14.7. The van der Waals surface area contributed by atoms with E-state index in [1.54, 1.807) is 11.5 Å². The molecule has 0 saturated heterocycles. The molecule has 2 heterocycles. The summed E-state index contributed by atoms with van der Waals surface area (Å²) in [4.78, 5) is 25.7. The molecule has 25 heavy (non-hydrogen) atoms. The molecule has 1 aromatic carbocycles. The van der Waals surface area contributed by atoms with Crippen molar-refractivity contribution in [1.29, 1.82) is 0 Å². The summed E-state index contributed by atoms with van der Waals surface area (Å²) in [6.45, 7) is 6.22.